The first-order valence-corrected chi connectivity index (χ1v) is 8.47. The van der Waals surface area contributed by atoms with Gasteiger partial charge in [-0.2, -0.15) is 0 Å². The molecule has 2 heterocycles. The second-order valence-electron chi connectivity index (χ2n) is 6.16. The molecule has 1 saturated heterocycles. The van der Waals surface area contributed by atoms with Gasteiger partial charge in [-0.25, -0.2) is 4.79 Å². The van der Waals surface area contributed by atoms with Crippen molar-refractivity contribution < 1.29 is 13.7 Å². The number of likely N-dealkylation sites (tertiary alicyclic amines) is 1. The van der Waals surface area contributed by atoms with Gasteiger partial charge in [0, 0.05) is 35.6 Å². The predicted molar refractivity (Wildman–Crippen MR) is 81.5 cm³/mol. The third-order valence-electron chi connectivity index (χ3n) is 3.26. The largest absolute Gasteiger partial charge is 0.444 e. The Morgan fingerprint density at radius 2 is 2.10 bits per heavy atom. The Hall–Kier alpha value is -1.43. The molecule has 1 aromatic heterocycles. The summed E-state index contributed by atoms with van der Waals surface area (Å²) < 4.78 is 17.8. The first-order chi connectivity index (χ1) is 9.87. The van der Waals surface area contributed by atoms with Crippen molar-refractivity contribution in [1.29, 1.82) is 0 Å². The Morgan fingerprint density at radius 1 is 1.43 bits per heavy atom. The lowest BCUT2D eigenvalue weighted by Crippen LogP contribution is -2.42. The molecule has 116 valence electrons. The number of rotatable bonds is 3. The molecule has 0 spiro atoms. The van der Waals surface area contributed by atoms with E-state index < -0.39 is 16.4 Å². The van der Waals surface area contributed by atoms with Crippen LogP contribution in [0, 0.1) is 0 Å². The second kappa shape index (κ2) is 6.56. The SMILES string of the molecule is CC(C)(C)OC(=O)N1CCC[C@@H]1C[S@](=O)c1ccncc1. The summed E-state index contributed by atoms with van der Waals surface area (Å²) in [6, 6.07) is 3.49. The average molecular weight is 310 g/mol. The molecule has 1 aliphatic heterocycles. The molecule has 0 N–H and O–H groups in total. The first-order valence-electron chi connectivity index (χ1n) is 7.15. The van der Waals surface area contributed by atoms with E-state index in [4.69, 9.17) is 4.74 Å². The Bertz CT molecular complexity index is 513. The van der Waals surface area contributed by atoms with Gasteiger partial charge < -0.3 is 9.64 Å². The summed E-state index contributed by atoms with van der Waals surface area (Å²) in [6.07, 6.45) is 4.76. The summed E-state index contributed by atoms with van der Waals surface area (Å²) in [6.45, 7) is 6.23. The number of carbonyl (C=O) groups is 1. The van der Waals surface area contributed by atoms with Gasteiger partial charge in [0.05, 0.1) is 10.8 Å². The molecule has 2 atom stereocenters. The van der Waals surface area contributed by atoms with Crippen molar-refractivity contribution in [3.8, 4) is 0 Å². The highest BCUT2D eigenvalue weighted by Crippen LogP contribution is 2.22. The zero-order valence-corrected chi connectivity index (χ0v) is 13.6. The van der Waals surface area contributed by atoms with E-state index in [9.17, 15) is 9.00 Å². The van der Waals surface area contributed by atoms with Crippen LogP contribution in [0.4, 0.5) is 4.79 Å². The topological polar surface area (TPSA) is 59.5 Å². The number of amides is 1. The van der Waals surface area contributed by atoms with Crippen LogP contribution in [0.2, 0.25) is 0 Å². The van der Waals surface area contributed by atoms with E-state index in [1.54, 1.807) is 29.4 Å². The van der Waals surface area contributed by atoms with Crippen molar-refractivity contribution >= 4 is 16.9 Å². The Labute approximate surface area is 128 Å². The number of hydrogen-bond donors (Lipinski definition) is 0. The van der Waals surface area contributed by atoms with Gasteiger partial charge in [0.2, 0.25) is 0 Å². The highest BCUT2D eigenvalue weighted by atomic mass is 32.2. The lowest BCUT2D eigenvalue weighted by atomic mass is 10.2. The number of hydrogen-bond acceptors (Lipinski definition) is 4. The highest BCUT2D eigenvalue weighted by Gasteiger charge is 2.33. The normalized spacial score (nSPS) is 20.3. The van der Waals surface area contributed by atoms with E-state index in [1.165, 1.54) is 0 Å². The minimum atomic E-state index is -1.12. The Morgan fingerprint density at radius 3 is 2.71 bits per heavy atom. The van der Waals surface area contributed by atoms with Crippen LogP contribution in [0.5, 0.6) is 0 Å². The van der Waals surface area contributed by atoms with Gasteiger partial charge in [-0.3, -0.25) is 9.19 Å². The summed E-state index contributed by atoms with van der Waals surface area (Å²) in [7, 11) is -1.12. The maximum absolute atomic E-state index is 12.4. The molecule has 0 bridgehead atoms. The molecular formula is C15H22N2O3S. The number of carbonyl (C=O) groups excluding carboxylic acids is 1. The van der Waals surface area contributed by atoms with Gasteiger partial charge in [-0.1, -0.05) is 0 Å². The quantitative estimate of drug-likeness (QED) is 0.861. The molecule has 0 saturated carbocycles. The highest BCUT2D eigenvalue weighted by molar-refractivity contribution is 7.85. The summed E-state index contributed by atoms with van der Waals surface area (Å²) in [5.74, 6) is 0.448. The van der Waals surface area contributed by atoms with Gasteiger partial charge in [0.15, 0.2) is 0 Å². The molecule has 1 amide bonds. The standard InChI is InChI=1S/C15H22N2O3S/c1-15(2,3)20-14(18)17-10-4-5-12(17)11-21(19)13-6-8-16-9-7-13/h6-9,12H,4-5,10-11H2,1-3H3/t12-,21+/m1/s1. The average Bonchev–Trinajstić information content (AvgIpc) is 2.86. The van der Waals surface area contributed by atoms with Crippen LogP contribution in [0.3, 0.4) is 0 Å². The lowest BCUT2D eigenvalue weighted by Gasteiger charge is -2.28. The molecule has 0 unspecified atom stereocenters. The summed E-state index contributed by atoms with van der Waals surface area (Å²) in [4.78, 5) is 18.6. The van der Waals surface area contributed by atoms with Gasteiger partial charge in [-0.15, -0.1) is 0 Å². The van der Waals surface area contributed by atoms with Gasteiger partial charge >= 0.3 is 6.09 Å². The Balaban J connectivity index is 1.99. The molecule has 1 aliphatic rings. The van der Waals surface area contributed by atoms with Crippen LogP contribution < -0.4 is 0 Å². The van der Waals surface area contributed by atoms with Gasteiger partial charge in [0.25, 0.3) is 0 Å². The van der Waals surface area contributed by atoms with E-state index in [1.807, 2.05) is 20.8 Å². The zero-order chi connectivity index (χ0) is 15.5. The molecule has 1 aromatic rings. The Kier molecular flexibility index (Phi) is 4.98. The summed E-state index contributed by atoms with van der Waals surface area (Å²) >= 11 is 0. The fourth-order valence-corrected chi connectivity index (χ4v) is 3.64. The van der Waals surface area contributed by atoms with E-state index >= 15 is 0 Å². The number of nitrogens with zero attached hydrogens (tertiary/aromatic N) is 2. The van der Waals surface area contributed by atoms with E-state index in [2.05, 4.69) is 4.98 Å². The molecule has 1 fully saturated rings. The third kappa shape index (κ3) is 4.52. The summed E-state index contributed by atoms with van der Waals surface area (Å²) in [5, 5.41) is 0. The maximum Gasteiger partial charge on any atom is 0.410 e. The first kappa shape index (κ1) is 15.9. The lowest BCUT2D eigenvalue weighted by molar-refractivity contribution is 0.0241. The monoisotopic (exact) mass is 310 g/mol. The molecule has 0 aliphatic carbocycles. The maximum atomic E-state index is 12.4. The van der Waals surface area contributed by atoms with E-state index in [0.717, 1.165) is 17.7 Å². The van der Waals surface area contributed by atoms with Crippen molar-refractivity contribution in [1.82, 2.24) is 9.88 Å². The zero-order valence-electron chi connectivity index (χ0n) is 12.7. The minimum absolute atomic E-state index is 0.0196. The molecule has 0 aromatic carbocycles. The molecule has 5 nitrogen and oxygen atoms in total. The van der Waals surface area contributed by atoms with Crippen LogP contribution in [-0.4, -0.2) is 44.1 Å². The van der Waals surface area contributed by atoms with Crippen LogP contribution in [0.1, 0.15) is 33.6 Å². The summed E-state index contributed by atoms with van der Waals surface area (Å²) in [5.41, 5.74) is -0.505. The molecule has 21 heavy (non-hydrogen) atoms. The number of aromatic nitrogens is 1. The van der Waals surface area contributed by atoms with Crippen LogP contribution in [-0.2, 0) is 15.5 Å². The van der Waals surface area contributed by atoms with Crippen LogP contribution >= 0.6 is 0 Å². The van der Waals surface area contributed by atoms with Gasteiger partial charge in [-0.05, 0) is 45.7 Å². The predicted octanol–water partition coefficient (Wildman–Crippen LogP) is 2.59. The van der Waals surface area contributed by atoms with Crippen molar-refractivity contribution in [2.75, 3.05) is 12.3 Å². The smallest absolute Gasteiger partial charge is 0.410 e. The fraction of sp³-hybridized carbons (Fsp3) is 0.600. The molecule has 2 rings (SSSR count). The fourth-order valence-electron chi connectivity index (χ4n) is 2.33. The number of pyridine rings is 1. The molecular weight excluding hydrogens is 288 g/mol. The van der Waals surface area contributed by atoms with Crippen molar-refractivity contribution in [3.63, 3.8) is 0 Å². The van der Waals surface area contributed by atoms with Gasteiger partial charge in [0.1, 0.15) is 5.60 Å². The minimum Gasteiger partial charge on any atom is -0.444 e. The van der Waals surface area contributed by atoms with E-state index in [-0.39, 0.29) is 12.1 Å². The molecule has 6 heteroatoms. The van der Waals surface area contributed by atoms with Crippen molar-refractivity contribution in [2.24, 2.45) is 0 Å². The number of ether oxygens (including phenoxy) is 1. The third-order valence-corrected chi connectivity index (χ3v) is 4.75. The van der Waals surface area contributed by atoms with Crippen molar-refractivity contribution in [2.45, 2.75) is 50.2 Å². The molecule has 0 radical (unpaired) electrons. The van der Waals surface area contributed by atoms with Crippen LogP contribution in [0.15, 0.2) is 29.4 Å². The van der Waals surface area contributed by atoms with E-state index in [0.29, 0.717) is 12.3 Å². The van der Waals surface area contributed by atoms with Crippen molar-refractivity contribution in [3.05, 3.63) is 24.5 Å². The van der Waals surface area contributed by atoms with Crippen LogP contribution in [0.25, 0.3) is 0 Å². The second-order valence-corrected chi connectivity index (χ2v) is 7.66.